The van der Waals surface area contributed by atoms with Crippen LogP contribution in [0, 0.1) is 29.1 Å². The molecule has 4 N–H and O–H groups in total. The van der Waals surface area contributed by atoms with Crippen LogP contribution in [0.4, 0.5) is 11.5 Å². The lowest BCUT2D eigenvalue weighted by molar-refractivity contribution is -0.125. The zero-order valence-electron chi connectivity index (χ0n) is 31.9. The quantitative estimate of drug-likeness (QED) is 0.111. The second kappa shape index (κ2) is 15.7. The molecule has 4 aromatic rings. The SMILES string of the molecule is CCC(=O)Nc1cc(-c2nn(C3CCN(CCCNC(=O)[C@@H](C)CCC45CC6CC(CC(C6)C4)C5)CC3)c3ncnc(N)c23)ccc1Oc1ccccc1. The number of fused-ring (bicyclic) bond motifs is 1. The second-order valence-electron chi connectivity index (χ2n) is 16.9. The molecule has 54 heavy (non-hydrogen) atoms. The number of nitrogens with one attached hydrogen (secondary N) is 2. The van der Waals surface area contributed by atoms with Gasteiger partial charge in [-0.1, -0.05) is 32.0 Å². The summed E-state index contributed by atoms with van der Waals surface area (Å²) in [6, 6.07) is 15.3. The van der Waals surface area contributed by atoms with Crippen LogP contribution in [0.15, 0.2) is 54.9 Å². The number of ether oxygens (including phenoxy) is 1. The first-order valence-corrected chi connectivity index (χ1v) is 20.4. The summed E-state index contributed by atoms with van der Waals surface area (Å²) in [4.78, 5) is 37.0. The number of rotatable bonds is 14. The van der Waals surface area contributed by atoms with Gasteiger partial charge in [-0.25, -0.2) is 14.6 Å². The van der Waals surface area contributed by atoms with E-state index in [1.54, 1.807) is 0 Å². The third-order valence-electron chi connectivity index (χ3n) is 12.9. The molecule has 2 aromatic heterocycles. The number of nitrogens with two attached hydrogens (primary N) is 1. The van der Waals surface area contributed by atoms with E-state index < -0.39 is 0 Å². The predicted molar refractivity (Wildman–Crippen MR) is 212 cm³/mol. The van der Waals surface area contributed by atoms with Gasteiger partial charge >= 0.3 is 0 Å². The average Bonchev–Trinajstić information content (AvgIpc) is 3.57. The maximum atomic E-state index is 13.0. The van der Waals surface area contributed by atoms with Crippen molar-refractivity contribution < 1.29 is 14.3 Å². The van der Waals surface area contributed by atoms with Gasteiger partial charge in [0.15, 0.2) is 11.4 Å². The van der Waals surface area contributed by atoms with Gasteiger partial charge in [0.05, 0.1) is 17.1 Å². The van der Waals surface area contributed by atoms with E-state index in [1.165, 1.54) is 51.3 Å². The highest BCUT2D eigenvalue weighted by atomic mass is 16.5. The fourth-order valence-corrected chi connectivity index (χ4v) is 10.5. The molecule has 2 aromatic carbocycles. The smallest absolute Gasteiger partial charge is 0.224 e. The number of hydrogen-bond donors (Lipinski definition) is 3. The first-order valence-electron chi connectivity index (χ1n) is 20.4. The monoisotopic (exact) mass is 732 g/mol. The van der Waals surface area contributed by atoms with E-state index in [0.717, 1.165) is 75.2 Å². The topological polar surface area (TPSA) is 140 Å². The molecule has 1 aliphatic heterocycles. The van der Waals surface area contributed by atoms with E-state index in [1.807, 2.05) is 60.1 Å². The highest BCUT2D eigenvalue weighted by Gasteiger charge is 2.50. The molecule has 4 aliphatic carbocycles. The highest BCUT2D eigenvalue weighted by molar-refractivity contribution is 6.00. The minimum atomic E-state index is -0.116. The Balaban J connectivity index is 0.864. The van der Waals surface area contributed by atoms with Crippen molar-refractivity contribution in [2.24, 2.45) is 29.1 Å². The van der Waals surface area contributed by atoms with Crippen LogP contribution in [0.1, 0.15) is 96.9 Å². The molecule has 4 bridgehead atoms. The van der Waals surface area contributed by atoms with Crippen molar-refractivity contribution >= 4 is 34.4 Å². The Kier molecular flexibility index (Phi) is 10.6. The van der Waals surface area contributed by atoms with Crippen molar-refractivity contribution in [1.82, 2.24) is 30.0 Å². The van der Waals surface area contributed by atoms with E-state index in [4.69, 9.17) is 15.6 Å². The number of nitrogens with zero attached hydrogens (tertiary/aromatic N) is 5. The molecule has 286 valence electrons. The fraction of sp³-hybridized carbons (Fsp3) is 0.558. The van der Waals surface area contributed by atoms with Crippen molar-refractivity contribution in [3.8, 4) is 22.8 Å². The van der Waals surface area contributed by atoms with E-state index in [9.17, 15) is 9.59 Å². The number of hydrogen-bond acceptors (Lipinski definition) is 8. The third-order valence-corrected chi connectivity index (χ3v) is 12.9. The van der Waals surface area contributed by atoms with Gasteiger partial charge in [0.1, 0.15) is 23.6 Å². The van der Waals surface area contributed by atoms with Crippen molar-refractivity contribution in [1.29, 1.82) is 0 Å². The van der Waals surface area contributed by atoms with Gasteiger partial charge in [-0.15, -0.1) is 0 Å². The van der Waals surface area contributed by atoms with Crippen LogP contribution in [0.3, 0.4) is 0 Å². The van der Waals surface area contributed by atoms with Gasteiger partial charge in [0.25, 0.3) is 0 Å². The summed E-state index contributed by atoms with van der Waals surface area (Å²) in [7, 11) is 0. The van der Waals surface area contributed by atoms with Crippen molar-refractivity contribution in [3.05, 3.63) is 54.9 Å². The minimum absolute atomic E-state index is 0.0858. The number of anilines is 2. The number of benzene rings is 2. The molecule has 0 unspecified atom stereocenters. The number of para-hydroxylation sites is 1. The summed E-state index contributed by atoms with van der Waals surface area (Å²) in [6.07, 6.45) is 15.6. The molecule has 11 nitrogen and oxygen atoms in total. The van der Waals surface area contributed by atoms with E-state index in [2.05, 4.69) is 32.4 Å². The van der Waals surface area contributed by atoms with Gasteiger partial charge in [0.2, 0.25) is 11.8 Å². The fourth-order valence-electron chi connectivity index (χ4n) is 10.5. The normalized spacial score (nSPS) is 24.4. The lowest BCUT2D eigenvalue weighted by atomic mass is 9.48. The number of aromatic nitrogens is 4. The summed E-state index contributed by atoms with van der Waals surface area (Å²) < 4.78 is 8.17. The number of likely N-dealkylation sites (tertiary alicyclic amines) is 1. The summed E-state index contributed by atoms with van der Waals surface area (Å²) in [5.74, 6) is 4.67. The molecule has 4 saturated carbocycles. The number of carbonyl (C=O) groups excluding carboxylic acids is 2. The van der Waals surface area contributed by atoms with E-state index in [-0.39, 0.29) is 23.8 Å². The first-order chi connectivity index (χ1) is 26.3. The van der Waals surface area contributed by atoms with Gasteiger partial charge in [-0.05, 0) is 131 Å². The predicted octanol–water partition coefficient (Wildman–Crippen LogP) is 7.99. The van der Waals surface area contributed by atoms with Crippen molar-refractivity contribution in [2.45, 2.75) is 96.9 Å². The second-order valence-corrected chi connectivity index (χ2v) is 16.9. The molecule has 5 aliphatic rings. The average molecular weight is 733 g/mol. The summed E-state index contributed by atoms with van der Waals surface area (Å²) in [5, 5.41) is 12.1. The lowest BCUT2D eigenvalue weighted by Crippen LogP contribution is -2.46. The Labute approximate surface area is 318 Å². The summed E-state index contributed by atoms with van der Waals surface area (Å²) in [5.41, 5.74) is 9.74. The maximum absolute atomic E-state index is 13.0. The molecule has 3 heterocycles. The Morgan fingerprint density at radius 1 is 1.00 bits per heavy atom. The molecule has 9 rings (SSSR count). The maximum Gasteiger partial charge on any atom is 0.224 e. The van der Waals surface area contributed by atoms with Crippen LogP contribution in [0.2, 0.25) is 0 Å². The number of carbonyl (C=O) groups is 2. The molecule has 5 fully saturated rings. The Morgan fingerprint density at radius 2 is 1.72 bits per heavy atom. The Hall–Kier alpha value is -4.51. The summed E-state index contributed by atoms with van der Waals surface area (Å²) >= 11 is 0. The van der Waals surface area contributed by atoms with Crippen molar-refractivity contribution in [2.75, 3.05) is 37.2 Å². The Morgan fingerprint density at radius 3 is 2.43 bits per heavy atom. The lowest BCUT2D eigenvalue weighted by Gasteiger charge is -2.57. The number of piperidine rings is 1. The van der Waals surface area contributed by atoms with Crippen LogP contribution < -0.4 is 21.1 Å². The van der Waals surface area contributed by atoms with Gasteiger partial charge in [-0.2, -0.15) is 5.10 Å². The van der Waals surface area contributed by atoms with E-state index in [0.29, 0.717) is 51.6 Å². The standard InChI is InChI=1S/C43H56N8O3/c1-3-37(52)48-35-23-32(10-11-36(35)54-34-8-5-4-6-9-34)39-38-40(44)46-27-47-41(38)51(49-39)33-13-18-50(19-14-33)17-7-16-45-42(53)28(2)12-15-43-24-29-20-30(25-43)22-31(21-29)26-43/h4-6,8-11,23,27-31,33H,3,7,12-22,24-26H2,1-2H3,(H,45,53)(H,48,52)(H2,44,46,47)/t28-,29?,30?,31?,43?/m0/s1. The van der Waals surface area contributed by atoms with Crippen LogP contribution in [-0.4, -0.2) is 62.6 Å². The molecular weight excluding hydrogens is 677 g/mol. The first kappa shape index (κ1) is 36.5. The molecule has 0 spiro atoms. The Bertz CT molecular complexity index is 1920. The van der Waals surface area contributed by atoms with Crippen molar-refractivity contribution in [3.63, 3.8) is 0 Å². The molecular formula is C43H56N8O3. The summed E-state index contributed by atoms with van der Waals surface area (Å²) in [6.45, 7) is 7.50. The molecule has 1 saturated heterocycles. The minimum Gasteiger partial charge on any atom is -0.455 e. The molecule has 11 heteroatoms. The zero-order valence-corrected chi connectivity index (χ0v) is 31.9. The van der Waals surface area contributed by atoms with Crippen LogP contribution in [0.5, 0.6) is 11.5 Å². The molecule has 0 radical (unpaired) electrons. The van der Waals surface area contributed by atoms with Crippen LogP contribution >= 0.6 is 0 Å². The third kappa shape index (κ3) is 7.83. The number of amides is 2. The van der Waals surface area contributed by atoms with Gasteiger partial charge < -0.3 is 26.0 Å². The van der Waals surface area contributed by atoms with Crippen LogP contribution in [-0.2, 0) is 9.59 Å². The zero-order chi connectivity index (χ0) is 37.2. The highest BCUT2D eigenvalue weighted by Crippen LogP contribution is 2.61. The van der Waals surface area contributed by atoms with E-state index >= 15 is 0 Å². The van der Waals surface area contributed by atoms with Gasteiger partial charge in [-0.3, -0.25) is 9.59 Å². The molecule has 1 atom stereocenters. The van der Waals surface area contributed by atoms with Gasteiger partial charge in [0, 0.05) is 37.5 Å². The van der Waals surface area contributed by atoms with Crippen LogP contribution in [0.25, 0.3) is 22.3 Å². The largest absolute Gasteiger partial charge is 0.455 e. The number of nitrogen functional groups attached to an aromatic ring is 1. The molecule has 2 amide bonds.